The van der Waals surface area contributed by atoms with Crippen LogP contribution < -0.4 is 5.73 Å². The summed E-state index contributed by atoms with van der Waals surface area (Å²) in [7, 11) is 3.98. The molecule has 0 amide bonds. The average Bonchev–Trinajstić information content (AvgIpc) is 2.64. The van der Waals surface area contributed by atoms with Crippen LogP contribution in [0.1, 0.15) is 37.4 Å². The van der Waals surface area contributed by atoms with Crippen molar-refractivity contribution in [3.05, 3.63) is 11.7 Å². The Hall–Kier alpha value is -0.940. The van der Waals surface area contributed by atoms with Crippen molar-refractivity contribution in [3.63, 3.8) is 0 Å². The largest absolute Gasteiger partial charge is 0.339 e. The number of unbranched alkanes of at least 4 members (excludes halogenated alkanes) is 3. The van der Waals surface area contributed by atoms with E-state index in [0.717, 1.165) is 44.1 Å². The quantitative estimate of drug-likeness (QED) is 0.674. The van der Waals surface area contributed by atoms with Crippen molar-refractivity contribution in [3.8, 4) is 0 Å². The van der Waals surface area contributed by atoms with Gasteiger partial charge in [-0.2, -0.15) is 4.98 Å². The Kier molecular flexibility index (Phi) is 6.03. The van der Waals surface area contributed by atoms with Gasteiger partial charge in [0.25, 0.3) is 0 Å². The molecule has 92 valence electrons. The highest BCUT2D eigenvalue weighted by Gasteiger charge is 2.06. The van der Waals surface area contributed by atoms with E-state index in [0.29, 0.717) is 0 Å². The summed E-state index contributed by atoms with van der Waals surface area (Å²) in [5.41, 5.74) is 5.43. The van der Waals surface area contributed by atoms with Crippen LogP contribution in [0, 0.1) is 0 Å². The lowest BCUT2D eigenvalue weighted by atomic mass is 10.1. The van der Waals surface area contributed by atoms with Crippen molar-refractivity contribution in [1.29, 1.82) is 0 Å². The number of rotatable bonds is 8. The van der Waals surface area contributed by atoms with Crippen LogP contribution in [0.15, 0.2) is 4.52 Å². The summed E-state index contributed by atoms with van der Waals surface area (Å²) in [5, 5.41) is 3.92. The Morgan fingerprint density at radius 1 is 1.19 bits per heavy atom. The van der Waals surface area contributed by atoms with Crippen molar-refractivity contribution in [2.24, 2.45) is 5.73 Å². The molecule has 0 radical (unpaired) electrons. The van der Waals surface area contributed by atoms with Gasteiger partial charge in [0.2, 0.25) is 5.89 Å². The molecule has 5 heteroatoms. The van der Waals surface area contributed by atoms with Crippen LogP contribution in [0.2, 0.25) is 0 Å². The van der Waals surface area contributed by atoms with E-state index in [1.807, 2.05) is 19.0 Å². The molecular weight excluding hydrogens is 204 g/mol. The topological polar surface area (TPSA) is 68.2 Å². The summed E-state index contributed by atoms with van der Waals surface area (Å²) in [6.45, 7) is 1.52. The standard InChI is InChI=1S/C11H22N4O/c1-15(2)9-10-13-11(16-14-10)7-5-3-4-6-8-12/h3-9,12H2,1-2H3. The molecule has 16 heavy (non-hydrogen) atoms. The molecule has 5 nitrogen and oxygen atoms in total. The van der Waals surface area contributed by atoms with Gasteiger partial charge in [-0.05, 0) is 33.5 Å². The van der Waals surface area contributed by atoms with Gasteiger partial charge < -0.3 is 15.2 Å². The highest BCUT2D eigenvalue weighted by molar-refractivity contribution is 4.85. The summed E-state index contributed by atoms with van der Waals surface area (Å²) in [5.74, 6) is 1.52. The minimum Gasteiger partial charge on any atom is -0.339 e. The fraction of sp³-hybridized carbons (Fsp3) is 0.818. The molecule has 0 aromatic carbocycles. The normalized spacial score (nSPS) is 11.2. The van der Waals surface area contributed by atoms with Crippen molar-refractivity contribution >= 4 is 0 Å². The van der Waals surface area contributed by atoms with E-state index in [-0.39, 0.29) is 0 Å². The van der Waals surface area contributed by atoms with E-state index in [4.69, 9.17) is 10.3 Å². The first-order valence-corrected chi connectivity index (χ1v) is 5.88. The maximum absolute atomic E-state index is 5.43. The summed E-state index contributed by atoms with van der Waals surface area (Å²) in [4.78, 5) is 6.35. The van der Waals surface area contributed by atoms with Gasteiger partial charge in [0.05, 0.1) is 6.54 Å². The monoisotopic (exact) mass is 226 g/mol. The van der Waals surface area contributed by atoms with Crippen LogP contribution in [0.25, 0.3) is 0 Å². The van der Waals surface area contributed by atoms with Gasteiger partial charge in [-0.1, -0.05) is 18.0 Å². The van der Waals surface area contributed by atoms with Crippen LogP contribution in [0.4, 0.5) is 0 Å². The molecule has 1 heterocycles. The van der Waals surface area contributed by atoms with Gasteiger partial charge in [-0.3, -0.25) is 0 Å². The van der Waals surface area contributed by atoms with Crippen LogP contribution >= 0.6 is 0 Å². The van der Waals surface area contributed by atoms with E-state index in [1.54, 1.807) is 0 Å². The first kappa shape index (κ1) is 13.1. The first-order valence-electron chi connectivity index (χ1n) is 5.88. The van der Waals surface area contributed by atoms with Crippen LogP contribution in [0.3, 0.4) is 0 Å². The maximum atomic E-state index is 5.43. The highest BCUT2D eigenvalue weighted by atomic mass is 16.5. The molecule has 0 aliphatic carbocycles. The second-order valence-corrected chi connectivity index (χ2v) is 4.30. The Balaban J connectivity index is 2.19. The molecular formula is C11H22N4O. The molecule has 0 saturated heterocycles. The van der Waals surface area contributed by atoms with Crippen molar-refractivity contribution in [2.45, 2.75) is 38.6 Å². The van der Waals surface area contributed by atoms with Crippen LogP contribution in [-0.2, 0) is 13.0 Å². The van der Waals surface area contributed by atoms with Crippen molar-refractivity contribution in [1.82, 2.24) is 15.0 Å². The number of aromatic nitrogens is 2. The molecule has 0 unspecified atom stereocenters. The van der Waals surface area contributed by atoms with Crippen LogP contribution in [-0.4, -0.2) is 35.7 Å². The second kappa shape index (κ2) is 7.35. The number of aryl methyl sites for hydroxylation is 1. The van der Waals surface area contributed by atoms with E-state index in [2.05, 4.69) is 10.1 Å². The van der Waals surface area contributed by atoms with Gasteiger partial charge in [0.15, 0.2) is 5.82 Å². The minimum atomic E-state index is 0.733. The molecule has 0 bridgehead atoms. The molecule has 0 atom stereocenters. The Labute approximate surface area is 97.0 Å². The predicted octanol–water partition coefficient (Wildman–Crippen LogP) is 1.19. The minimum absolute atomic E-state index is 0.733. The van der Waals surface area contributed by atoms with Crippen molar-refractivity contribution < 1.29 is 4.52 Å². The summed E-state index contributed by atoms with van der Waals surface area (Å²) < 4.78 is 5.16. The fourth-order valence-corrected chi connectivity index (χ4v) is 1.51. The van der Waals surface area contributed by atoms with E-state index >= 15 is 0 Å². The Morgan fingerprint density at radius 2 is 1.94 bits per heavy atom. The zero-order valence-corrected chi connectivity index (χ0v) is 10.3. The van der Waals surface area contributed by atoms with Gasteiger partial charge >= 0.3 is 0 Å². The van der Waals surface area contributed by atoms with E-state index in [1.165, 1.54) is 12.8 Å². The zero-order valence-electron chi connectivity index (χ0n) is 10.3. The summed E-state index contributed by atoms with van der Waals surface area (Å²) in [6, 6.07) is 0. The number of hydrogen-bond donors (Lipinski definition) is 1. The lowest BCUT2D eigenvalue weighted by Crippen LogP contribution is -2.11. The third-order valence-electron chi connectivity index (χ3n) is 2.31. The Morgan fingerprint density at radius 3 is 2.62 bits per heavy atom. The zero-order chi connectivity index (χ0) is 11.8. The van der Waals surface area contributed by atoms with Gasteiger partial charge in [0, 0.05) is 6.42 Å². The second-order valence-electron chi connectivity index (χ2n) is 4.30. The number of nitrogens with zero attached hydrogens (tertiary/aromatic N) is 3. The lowest BCUT2D eigenvalue weighted by molar-refractivity contribution is 0.347. The third-order valence-corrected chi connectivity index (χ3v) is 2.31. The van der Waals surface area contributed by atoms with E-state index in [9.17, 15) is 0 Å². The lowest BCUT2D eigenvalue weighted by Gasteiger charge is -2.03. The molecule has 1 aromatic rings. The predicted molar refractivity (Wildman–Crippen MR) is 62.9 cm³/mol. The molecule has 0 aliphatic rings. The highest BCUT2D eigenvalue weighted by Crippen LogP contribution is 2.06. The fourth-order valence-electron chi connectivity index (χ4n) is 1.51. The number of nitrogens with two attached hydrogens (primary N) is 1. The SMILES string of the molecule is CN(C)Cc1noc(CCCCCCN)n1. The molecule has 0 saturated carbocycles. The summed E-state index contributed by atoms with van der Waals surface area (Å²) in [6.07, 6.45) is 5.46. The molecule has 0 aliphatic heterocycles. The van der Waals surface area contributed by atoms with Gasteiger partial charge in [0.1, 0.15) is 0 Å². The van der Waals surface area contributed by atoms with Crippen molar-refractivity contribution in [2.75, 3.05) is 20.6 Å². The van der Waals surface area contributed by atoms with Gasteiger partial charge in [-0.25, -0.2) is 0 Å². The molecule has 1 rings (SSSR count). The molecule has 2 N–H and O–H groups in total. The smallest absolute Gasteiger partial charge is 0.226 e. The molecule has 0 fully saturated rings. The average molecular weight is 226 g/mol. The molecule has 0 spiro atoms. The molecule has 1 aromatic heterocycles. The maximum Gasteiger partial charge on any atom is 0.226 e. The number of hydrogen-bond acceptors (Lipinski definition) is 5. The van der Waals surface area contributed by atoms with E-state index < -0.39 is 0 Å². The van der Waals surface area contributed by atoms with Crippen LogP contribution in [0.5, 0.6) is 0 Å². The Bertz CT molecular complexity index is 285. The summed E-state index contributed by atoms with van der Waals surface area (Å²) >= 11 is 0. The first-order chi connectivity index (χ1) is 7.72. The van der Waals surface area contributed by atoms with Gasteiger partial charge in [-0.15, -0.1) is 0 Å². The third kappa shape index (κ3) is 5.23.